The molecule has 1 rings (SSSR count). The third-order valence-corrected chi connectivity index (χ3v) is 3.32. The fourth-order valence-electron chi connectivity index (χ4n) is 1.23. The lowest BCUT2D eigenvalue weighted by atomic mass is 10.4. The number of nitrogens with one attached hydrogen (secondary N) is 2. The van der Waals surface area contributed by atoms with Crippen LogP contribution in [0.15, 0.2) is 12.1 Å². The molecule has 0 spiro atoms. The van der Waals surface area contributed by atoms with Crippen molar-refractivity contribution in [3.8, 4) is 0 Å². The van der Waals surface area contributed by atoms with Crippen LogP contribution in [0.1, 0.15) is 16.2 Å². The summed E-state index contributed by atoms with van der Waals surface area (Å²) in [6, 6.07) is 4.25. The van der Waals surface area contributed by atoms with Crippen molar-refractivity contribution in [3.05, 3.63) is 21.9 Å². The van der Waals surface area contributed by atoms with Crippen LogP contribution in [0.5, 0.6) is 0 Å². The molecule has 0 radical (unpaired) electrons. The van der Waals surface area contributed by atoms with Crippen LogP contribution < -0.4 is 10.6 Å². The third-order valence-electron chi connectivity index (χ3n) is 2.03. The minimum atomic E-state index is 0.710. The predicted molar refractivity (Wildman–Crippen MR) is 73.0 cm³/mol. The molecule has 2 N–H and O–H groups in total. The molecule has 0 aliphatic heterocycles. The average molecular weight is 258 g/mol. The minimum Gasteiger partial charge on any atom is -0.385 e. The molecule has 5 heteroatoms. The zero-order valence-electron chi connectivity index (χ0n) is 9.71. The maximum atomic E-state index is 5.15. The first-order valence-corrected chi connectivity index (χ1v) is 6.51. The highest BCUT2D eigenvalue weighted by Gasteiger charge is 1.98. The molecule has 0 bridgehead atoms. The van der Waals surface area contributed by atoms with E-state index < -0.39 is 0 Å². The summed E-state index contributed by atoms with van der Waals surface area (Å²) in [7, 11) is 1.70. The Bertz CT molecular complexity index is 326. The smallest absolute Gasteiger partial charge is 0.166 e. The molecule has 0 saturated heterocycles. The SMILES string of the molecule is COCCCNC(=S)NCc1ccc(C)s1. The van der Waals surface area contributed by atoms with Gasteiger partial charge in [-0.3, -0.25) is 0 Å². The highest BCUT2D eigenvalue weighted by atomic mass is 32.1. The Morgan fingerprint density at radius 3 is 2.88 bits per heavy atom. The summed E-state index contributed by atoms with van der Waals surface area (Å²) < 4.78 is 4.95. The van der Waals surface area contributed by atoms with Crippen LogP contribution in [0.25, 0.3) is 0 Å². The molecule has 0 saturated carbocycles. The van der Waals surface area contributed by atoms with E-state index in [1.807, 2.05) is 0 Å². The summed E-state index contributed by atoms with van der Waals surface area (Å²) in [5.41, 5.74) is 0. The van der Waals surface area contributed by atoms with E-state index in [0.717, 1.165) is 26.1 Å². The van der Waals surface area contributed by atoms with Crippen LogP contribution in [-0.4, -0.2) is 25.4 Å². The third kappa shape index (κ3) is 5.44. The number of hydrogen-bond donors (Lipinski definition) is 2. The van der Waals surface area contributed by atoms with Crippen molar-refractivity contribution in [2.24, 2.45) is 0 Å². The van der Waals surface area contributed by atoms with E-state index in [-0.39, 0.29) is 0 Å². The predicted octanol–water partition coefficient (Wildman–Crippen LogP) is 2.06. The lowest BCUT2D eigenvalue weighted by molar-refractivity contribution is 0.195. The number of aryl methyl sites for hydroxylation is 1. The van der Waals surface area contributed by atoms with E-state index in [1.54, 1.807) is 18.4 Å². The molecule has 0 atom stereocenters. The second-order valence-corrected chi connectivity index (χ2v) is 5.25. The summed E-state index contributed by atoms with van der Waals surface area (Å²) in [6.07, 6.45) is 0.969. The van der Waals surface area contributed by atoms with Crippen molar-refractivity contribution in [2.45, 2.75) is 19.9 Å². The van der Waals surface area contributed by atoms with E-state index in [0.29, 0.717) is 5.11 Å². The van der Waals surface area contributed by atoms with Crippen LogP contribution in [0.3, 0.4) is 0 Å². The first-order chi connectivity index (χ1) is 7.72. The van der Waals surface area contributed by atoms with Gasteiger partial charge in [-0.1, -0.05) is 0 Å². The van der Waals surface area contributed by atoms with E-state index in [9.17, 15) is 0 Å². The van der Waals surface area contributed by atoms with Gasteiger partial charge in [-0.05, 0) is 37.7 Å². The molecule has 0 unspecified atom stereocenters. The van der Waals surface area contributed by atoms with Gasteiger partial charge in [0.1, 0.15) is 0 Å². The van der Waals surface area contributed by atoms with Gasteiger partial charge in [0.15, 0.2) is 5.11 Å². The number of thiocarbonyl (C=S) groups is 1. The number of methoxy groups -OCH3 is 1. The van der Waals surface area contributed by atoms with Gasteiger partial charge in [0.25, 0.3) is 0 Å². The maximum absolute atomic E-state index is 5.15. The Labute approximate surface area is 106 Å². The fourth-order valence-corrected chi connectivity index (χ4v) is 2.23. The quantitative estimate of drug-likeness (QED) is 0.604. The number of thiophene rings is 1. The van der Waals surface area contributed by atoms with Crippen LogP contribution >= 0.6 is 23.6 Å². The van der Waals surface area contributed by atoms with Gasteiger partial charge in [0.05, 0.1) is 6.54 Å². The van der Waals surface area contributed by atoms with Crippen molar-refractivity contribution in [1.82, 2.24) is 10.6 Å². The average Bonchev–Trinajstić information content (AvgIpc) is 2.68. The second kappa shape index (κ2) is 7.60. The van der Waals surface area contributed by atoms with Crippen molar-refractivity contribution in [2.75, 3.05) is 20.3 Å². The van der Waals surface area contributed by atoms with Crippen LogP contribution in [-0.2, 0) is 11.3 Å². The summed E-state index contributed by atoms with van der Waals surface area (Å²) in [5, 5.41) is 7.03. The minimum absolute atomic E-state index is 0.710. The topological polar surface area (TPSA) is 33.3 Å². The first kappa shape index (κ1) is 13.4. The van der Waals surface area contributed by atoms with Gasteiger partial charge in [-0.2, -0.15) is 0 Å². The van der Waals surface area contributed by atoms with E-state index in [2.05, 4.69) is 29.7 Å². The first-order valence-electron chi connectivity index (χ1n) is 5.28. The molecule has 1 aromatic heterocycles. The van der Waals surface area contributed by atoms with Crippen molar-refractivity contribution in [3.63, 3.8) is 0 Å². The molecule has 0 amide bonds. The van der Waals surface area contributed by atoms with Gasteiger partial charge >= 0.3 is 0 Å². The van der Waals surface area contributed by atoms with Crippen LogP contribution in [0.4, 0.5) is 0 Å². The summed E-state index contributed by atoms with van der Waals surface area (Å²) >= 11 is 6.94. The lowest BCUT2D eigenvalue weighted by Gasteiger charge is -2.09. The van der Waals surface area contributed by atoms with E-state index in [4.69, 9.17) is 17.0 Å². The molecule has 3 nitrogen and oxygen atoms in total. The van der Waals surface area contributed by atoms with Crippen molar-refractivity contribution in [1.29, 1.82) is 0 Å². The Hall–Kier alpha value is -0.650. The lowest BCUT2D eigenvalue weighted by Crippen LogP contribution is -2.35. The van der Waals surface area contributed by atoms with Gasteiger partial charge in [-0.25, -0.2) is 0 Å². The number of rotatable bonds is 6. The van der Waals surface area contributed by atoms with Crippen LogP contribution in [0.2, 0.25) is 0 Å². The molecule has 0 aromatic carbocycles. The molecule has 90 valence electrons. The van der Waals surface area contributed by atoms with Gasteiger partial charge in [-0.15, -0.1) is 11.3 Å². The van der Waals surface area contributed by atoms with Gasteiger partial charge in [0, 0.05) is 30.0 Å². The van der Waals surface area contributed by atoms with Crippen molar-refractivity contribution >= 4 is 28.7 Å². The molecular formula is C11H18N2OS2. The fraction of sp³-hybridized carbons (Fsp3) is 0.545. The summed E-state index contributed by atoms with van der Waals surface area (Å²) in [6.45, 7) is 4.52. The zero-order chi connectivity index (χ0) is 11.8. The molecule has 1 aromatic rings. The monoisotopic (exact) mass is 258 g/mol. The zero-order valence-corrected chi connectivity index (χ0v) is 11.3. The van der Waals surface area contributed by atoms with Crippen LogP contribution in [0, 0.1) is 6.92 Å². The molecule has 0 aliphatic rings. The molecule has 16 heavy (non-hydrogen) atoms. The van der Waals surface area contributed by atoms with E-state index >= 15 is 0 Å². The molecule has 0 fully saturated rings. The standard InChI is InChI=1S/C11H18N2OS2/c1-9-4-5-10(16-9)8-13-11(15)12-6-3-7-14-2/h4-5H,3,6-8H2,1-2H3,(H2,12,13,15). The molecular weight excluding hydrogens is 240 g/mol. The van der Waals surface area contributed by atoms with Crippen molar-refractivity contribution < 1.29 is 4.74 Å². The highest BCUT2D eigenvalue weighted by Crippen LogP contribution is 2.14. The second-order valence-electron chi connectivity index (χ2n) is 3.47. The maximum Gasteiger partial charge on any atom is 0.166 e. The Balaban J connectivity index is 2.10. The Morgan fingerprint density at radius 1 is 1.44 bits per heavy atom. The van der Waals surface area contributed by atoms with Gasteiger partial charge in [0.2, 0.25) is 0 Å². The number of ether oxygens (including phenoxy) is 1. The summed E-state index contributed by atoms with van der Waals surface area (Å²) in [5.74, 6) is 0. The normalized spacial score (nSPS) is 10.1. The van der Waals surface area contributed by atoms with Gasteiger partial charge < -0.3 is 15.4 Å². The largest absolute Gasteiger partial charge is 0.385 e. The highest BCUT2D eigenvalue weighted by molar-refractivity contribution is 7.80. The summed E-state index contributed by atoms with van der Waals surface area (Å²) in [4.78, 5) is 2.63. The Kier molecular flexibility index (Phi) is 6.37. The Morgan fingerprint density at radius 2 is 2.25 bits per heavy atom. The number of hydrogen-bond acceptors (Lipinski definition) is 3. The van der Waals surface area contributed by atoms with E-state index in [1.165, 1.54) is 9.75 Å². The molecule has 1 heterocycles. The molecule has 0 aliphatic carbocycles.